The van der Waals surface area contributed by atoms with Gasteiger partial charge in [0.1, 0.15) is 5.82 Å². The monoisotopic (exact) mass is 599 g/mol. The number of para-hydroxylation sites is 1. The average Bonchev–Trinajstić information content (AvgIpc) is 2.96. The highest BCUT2D eigenvalue weighted by Crippen LogP contribution is 2.32. The van der Waals surface area contributed by atoms with Crippen molar-refractivity contribution in [3.05, 3.63) is 83.9 Å². The molecule has 0 spiro atoms. The molecular formula is C29H30ClN3O9. The summed E-state index contributed by atoms with van der Waals surface area (Å²) in [6.45, 7) is 4.71. The number of pyridine rings is 1. The zero-order chi connectivity index (χ0) is 31.1. The molecule has 0 amide bonds. The quantitative estimate of drug-likeness (QED) is 0.238. The molecule has 13 heteroatoms. The van der Waals surface area contributed by atoms with Crippen LogP contribution in [0.15, 0.2) is 78.9 Å². The number of aliphatic carboxylic acids is 4. The molecule has 0 atom stereocenters. The number of hydrogen-bond donors (Lipinski definition) is 5. The van der Waals surface area contributed by atoms with E-state index in [9.17, 15) is 19.2 Å². The number of carboxylic acid groups (broad SMARTS) is 4. The average molecular weight is 600 g/mol. The third-order valence-corrected chi connectivity index (χ3v) is 5.96. The fourth-order valence-electron chi connectivity index (χ4n) is 3.82. The van der Waals surface area contributed by atoms with E-state index in [0.29, 0.717) is 24.3 Å². The first-order valence-electron chi connectivity index (χ1n) is 12.5. The van der Waals surface area contributed by atoms with Crippen molar-refractivity contribution in [1.29, 1.82) is 0 Å². The Morgan fingerprint density at radius 1 is 0.762 bits per heavy atom. The van der Waals surface area contributed by atoms with Crippen LogP contribution in [0.5, 0.6) is 0 Å². The highest BCUT2D eigenvalue weighted by Gasteiger charge is 2.19. The number of rotatable bonds is 8. The minimum absolute atomic E-state index is 0.217. The lowest BCUT2D eigenvalue weighted by Crippen LogP contribution is -2.47. The Labute approximate surface area is 246 Å². The Bertz CT molecular complexity index is 1370. The van der Waals surface area contributed by atoms with Crippen molar-refractivity contribution in [2.45, 2.75) is 0 Å². The molecule has 1 saturated heterocycles. The van der Waals surface area contributed by atoms with Gasteiger partial charge in [0.05, 0.1) is 12.1 Å². The summed E-state index contributed by atoms with van der Waals surface area (Å²) >= 11 is 6.07. The van der Waals surface area contributed by atoms with Gasteiger partial charge in [-0.25, -0.2) is 24.2 Å². The molecule has 0 radical (unpaired) electrons. The van der Waals surface area contributed by atoms with Crippen LogP contribution < -0.4 is 4.90 Å². The van der Waals surface area contributed by atoms with Gasteiger partial charge < -0.3 is 30.4 Å². The summed E-state index contributed by atoms with van der Waals surface area (Å²) in [5, 5.41) is 42.3. The first kappa shape index (κ1) is 33.4. The van der Waals surface area contributed by atoms with Gasteiger partial charge in [-0.05, 0) is 35.4 Å². The van der Waals surface area contributed by atoms with Crippen LogP contribution in [0.3, 0.4) is 0 Å². The number of fused-ring (bicyclic) bond motifs is 1. The van der Waals surface area contributed by atoms with Crippen LogP contribution in [0, 0.1) is 0 Å². The summed E-state index contributed by atoms with van der Waals surface area (Å²) in [4.78, 5) is 47.7. The van der Waals surface area contributed by atoms with Gasteiger partial charge in [0.2, 0.25) is 0 Å². The predicted octanol–water partition coefficient (Wildman–Crippen LogP) is 3.09. The number of β-amino-alcohol motifs (C(OH)–C–C–N with tert-alkyl or cyclic N) is 1. The van der Waals surface area contributed by atoms with E-state index in [1.165, 1.54) is 5.56 Å². The van der Waals surface area contributed by atoms with E-state index in [2.05, 4.69) is 46.2 Å². The van der Waals surface area contributed by atoms with Gasteiger partial charge in [0.25, 0.3) is 0 Å². The van der Waals surface area contributed by atoms with Gasteiger partial charge in [0, 0.05) is 67.4 Å². The number of anilines is 1. The van der Waals surface area contributed by atoms with Crippen LogP contribution >= 0.6 is 11.6 Å². The van der Waals surface area contributed by atoms with Crippen molar-refractivity contribution < 1.29 is 44.7 Å². The Morgan fingerprint density at radius 2 is 1.26 bits per heavy atom. The number of nitrogens with zero attached hydrogens (tertiary/aromatic N) is 3. The molecule has 2 aromatic carbocycles. The first-order chi connectivity index (χ1) is 20.0. The van der Waals surface area contributed by atoms with E-state index in [0.717, 1.165) is 60.0 Å². The maximum atomic E-state index is 9.55. The molecule has 12 nitrogen and oxygen atoms in total. The van der Waals surface area contributed by atoms with Gasteiger partial charge in [0.15, 0.2) is 0 Å². The topological polar surface area (TPSA) is 189 Å². The van der Waals surface area contributed by atoms with Crippen molar-refractivity contribution in [3.8, 4) is 11.1 Å². The third kappa shape index (κ3) is 11.8. The molecule has 1 aromatic heterocycles. The second-order valence-electron chi connectivity index (χ2n) is 8.62. The molecule has 4 rings (SSSR count). The standard InChI is InChI=1S/C21H22ClN3O.2C4H4O4/c22-17-7-5-16(6-8-17)19-15-21(23-20-4-2-1-3-18(19)20)25-11-9-24(10-12-25)13-14-26;2*5-3(6)1-2-4(7)8/h1-8,15,26H,9-14H2;2*1-2H,(H,5,6)(H,7,8)/b;2*2-1-. The van der Waals surface area contributed by atoms with Crippen molar-refractivity contribution in [3.63, 3.8) is 0 Å². The Balaban J connectivity index is 0.000000319. The molecule has 42 heavy (non-hydrogen) atoms. The normalized spacial score (nSPS) is 13.2. The fourth-order valence-corrected chi connectivity index (χ4v) is 3.94. The zero-order valence-corrected chi connectivity index (χ0v) is 23.1. The highest BCUT2D eigenvalue weighted by molar-refractivity contribution is 6.30. The lowest BCUT2D eigenvalue weighted by Gasteiger charge is -2.35. The van der Waals surface area contributed by atoms with Crippen LogP contribution in [0.4, 0.5) is 5.82 Å². The molecule has 2 heterocycles. The van der Waals surface area contributed by atoms with E-state index in [4.69, 9.17) is 42.1 Å². The highest BCUT2D eigenvalue weighted by atomic mass is 35.5. The molecule has 3 aromatic rings. The summed E-state index contributed by atoms with van der Waals surface area (Å²) in [6.07, 6.45) is 2.23. The zero-order valence-electron chi connectivity index (χ0n) is 22.3. The molecular weight excluding hydrogens is 570 g/mol. The lowest BCUT2D eigenvalue weighted by atomic mass is 10.0. The first-order valence-corrected chi connectivity index (χ1v) is 12.9. The maximum Gasteiger partial charge on any atom is 0.328 e. The number of hydrogen-bond acceptors (Lipinski definition) is 8. The van der Waals surface area contributed by atoms with Gasteiger partial charge in [-0.15, -0.1) is 0 Å². The second-order valence-corrected chi connectivity index (χ2v) is 9.06. The minimum atomic E-state index is -1.26. The Hall–Kier alpha value is -4.78. The van der Waals surface area contributed by atoms with Crippen molar-refractivity contribution >= 4 is 52.2 Å². The predicted molar refractivity (Wildman–Crippen MR) is 157 cm³/mol. The smallest absolute Gasteiger partial charge is 0.328 e. The van der Waals surface area contributed by atoms with E-state index < -0.39 is 23.9 Å². The Morgan fingerprint density at radius 3 is 1.74 bits per heavy atom. The number of halogens is 1. The van der Waals surface area contributed by atoms with Crippen LogP contribution in [-0.4, -0.2) is 98.6 Å². The molecule has 1 aliphatic rings. The number of piperazine rings is 1. The maximum absolute atomic E-state index is 9.55. The number of aliphatic hydroxyl groups excluding tert-OH is 1. The largest absolute Gasteiger partial charge is 0.478 e. The van der Waals surface area contributed by atoms with Gasteiger partial charge >= 0.3 is 23.9 Å². The third-order valence-electron chi connectivity index (χ3n) is 5.71. The van der Waals surface area contributed by atoms with E-state index >= 15 is 0 Å². The fraction of sp³-hybridized carbons (Fsp3) is 0.207. The molecule has 222 valence electrons. The van der Waals surface area contributed by atoms with Gasteiger partial charge in [-0.3, -0.25) is 4.90 Å². The molecule has 0 aliphatic carbocycles. The van der Waals surface area contributed by atoms with Gasteiger partial charge in [-0.1, -0.05) is 41.9 Å². The summed E-state index contributed by atoms with van der Waals surface area (Å²) < 4.78 is 0. The van der Waals surface area contributed by atoms with Crippen LogP contribution in [0.25, 0.3) is 22.0 Å². The summed E-state index contributed by atoms with van der Waals surface area (Å²) in [5.74, 6) is -4.02. The number of aliphatic hydroxyl groups is 1. The molecule has 0 saturated carbocycles. The van der Waals surface area contributed by atoms with Crippen LogP contribution in [0.1, 0.15) is 0 Å². The summed E-state index contributed by atoms with van der Waals surface area (Å²) in [6, 6.07) is 18.4. The molecule has 1 fully saturated rings. The van der Waals surface area contributed by atoms with Gasteiger partial charge in [-0.2, -0.15) is 0 Å². The Kier molecular flexibility index (Phi) is 13.6. The number of benzene rings is 2. The van der Waals surface area contributed by atoms with Crippen molar-refractivity contribution in [2.75, 3.05) is 44.2 Å². The molecule has 5 N–H and O–H groups in total. The number of carbonyl (C=O) groups is 4. The van der Waals surface area contributed by atoms with E-state index in [1.54, 1.807) is 0 Å². The minimum Gasteiger partial charge on any atom is -0.478 e. The lowest BCUT2D eigenvalue weighted by molar-refractivity contribution is -0.134. The van der Waals surface area contributed by atoms with Crippen molar-refractivity contribution in [2.24, 2.45) is 0 Å². The second kappa shape index (κ2) is 17.1. The van der Waals surface area contributed by atoms with E-state index in [1.807, 2.05) is 18.2 Å². The number of aromatic nitrogens is 1. The van der Waals surface area contributed by atoms with Crippen LogP contribution in [-0.2, 0) is 19.2 Å². The molecule has 0 bridgehead atoms. The molecule has 1 aliphatic heterocycles. The SMILES string of the molecule is O=C(O)/C=C\C(=O)O.O=C(O)/C=C\C(=O)O.OCCN1CCN(c2cc(-c3ccc(Cl)cc3)c3ccccc3n2)CC1. The van der Waals surface area contributed by atoms with E-state index in [-0.39, 0.29) is 6.61 Å². The summed E-state index contributed by atoms with van der Waals surface area (Å²) in [5.41, 5.74) is 3.33. The molecule has 0 unspecified atom stereocenters. The van der Waals surface area contributed by atoms with Crippen LogP contribution in [0.2, 0.25) is 5.02 Å². The summed E-state index contributed by atoms with van der Waals surface area (Å²) in [7, 11) is 0. The number of carboxylic acids is 4. The van der Waals surface area contributed by atoms with Crippen molar-refractivity contribution in [1.82, 2.24) is 9.88 Å².